The van der Waals surface area contributed by atoms with Gasteiger partial charge in [0.15, 0.2) is 0 Å². The predicted molar refractivity (Wildman–Crippen MR) is 65.5 cm³/mol. The van der Waals surface area contributed by atoms with Gasteiger partial charge < -0.3 is 15.8 Å². The number of amides is 1. The number of carbonyl (C=O) groups is 1. The van der Waals surface area contributed by atoms with Crippen molar-refractivity contribution in [3.63, 3.8) is 0 Å². The number of nitrogens with one attached hydrogen (secondary N) is 1. The van der Waals surface area contributed by atoms with Gasteiger partial charge in [-0.3, -0.25) is 4.79 Å². The minimum Gasteiger partial charge on any atom is -0.395 e. The van der Waals surface area contributed by atoms with Crippen LogP contribution >= 0.6 is 11.6 Å². The summed E-state index contributed by atoms with van der Waals surface area (Å²) in [6, 6.07) is 2.49. The van der Waals surface area contributed by atoms with Crippen LogP contribution in [0.3, 0.4) is 0 Å². The third-order valence-electron chi connectivity index (χ3n) is 1.91. The van der Waals surface area contributed by atoms with E-state index in [4.69, 9.17) is 22.1 Å². The van der Waals surface area contributed by atoms with E-state index in [0.717, 1.165) is 6.07 Å². The number of benzene rings is 1. The van der Waals surface area contributed by atoms with Gasteiger partial charge in [-0.05, 0) is 26.0 Å². The van der Waals surface area contributed by atoms with Crippen molar-refractivity contribution in [2.45, 2.75) is 20.0 Å². The minimum absolute atomic E-state index is 0.0486. The molecule has 0 aliphatic rings. The molecule has 0 spiro atoms. The molecular formula is C11H14ClFN2O2. The summed E-state index contributed by atoms with van der Waals surface area (Å²) in [6.45, 7) is 3.53. The summed E-state index contributed by atoms with van der Waals surface area (Å²) in [5.74, 6) is -1.04. The van der Waals surface area contributed by atoms with E-state index in [1.54, 1.807) is 0 Å². The van der Waals surface area contributed by atoms with Crippen LogP contribution in [0, 0.1) is 5.82 Å². The predicted octanol–water partition coefficient (Wildman–Crippen LogP) is 2.42. The molecule has 0 bridgehead atoms. The summed E-state index contributed by atoms with van der Waals surface area (Å²) >= 11 is 5.68. The van der Waals surface area contributed by atoms with Gasteiger partial charge >= 0.3 is 0 Å². The van der Waals surface area contributed by atoms with Crippen LogP contribution in [0.2, 0.25) is 5.02 Å². The van der Waals surface area contributed by atoms with Crippen LogP contribution in [-0.4, -0.2) is 18.6 Å². The molecule has 0 saturated heterocycles. The van der Waals surface area contributed by atoms with E-state index in [9.17, 15) is 9.18 Å². The van der Waals surface area contributed by atoms with Crippen LogP contribution in [0.5, 0.6) is 0 Å². The lowest BCUT2D eigenvalue weighted by Crippen LogP contribution is -2.20. The third kappa shape index (κ3) is 4.20. The Morgan fingerprint density at radius 2 is 2.24 bits per heavy atom. The SMILES string of the molecule is CC(C)OCC(=O)Nc1cc(F)c(N)c(Cl)c1. The first-order chi connectivity index (χ1) is 7.90. The van der Waals surface area contributed by atoms with Gasteiger partial charge in [-0.1, -0.05) is 11.6 Å². The van der Waals surface area contributed by atoms with Crippen molar-refractivity contribution in [1.29, 1.82) is 0 Å². The van der Waals surface area contributed by atoms with Crippen LogP contribution in [0.25, 0.3) is 0 Å². The Balaban J connectivity index is 2.66. The first-order valence-corrected chi connectivity index (χ1v) is 5.44. The van der Waals surface area contributed by atoms with Gasteiger partial charge in [0, 0.05) is 5.69 Å². The van der Waals surface area contributed by atoms with E-state index < -0.39 is 5.82 Å². The van der Waals surface area contributed by atoms with E-state index in [0.29, 0.717) is 0 Å². The van der Waals surface area contributed by atoms with Crippen molar-refractivity contribution in [1.82, 2.24) is 0 Å². The average molecular weight is 261 g/mol. The molecule has 94 valence electrons. The minimum atomic E-state index is -0.669. The van der Waals surface area contributed by atoms with E-state index in [1.165, 1.54) is 6.07 Å². The Hall–Kier alpha value is -1.33. The van der Waals surface area contributed by atoms with Gasteiger partial charge in [0.25, 0.3) is 0 Å². The fraction of sp³-hybridized carbons (Fsp3) is 0.364. The molecule has 1 rings (SSSR count). The van der Waals surface area contributed by atoms with Crippen molar-refractivity contribution in [2.75, 3.05) is 17.7 Å². The molecule has 0 saturated carbocycles. The van der Waals surface area contributed by atoms with Gasteiger partial charge in [0.1, 0.15) is 12.4 Å². The molecule has 6 heteroatoms. The second-order valence-corrected chi connectivity index (χ2v) is 4.17. The van der Waals surface area contributed by atoms with Crippen LogP contribution in [-0.2, 0) is 9.53 Å². The fourth-order valence-electron chi connectivity index (χ4n) is 1.10. The van der Waals surface area contributed by atoms with Gasteiger partial charge in [0.2, 0.25) is 5.91 Å². The van der Waals surface area contributed by atoms with E-state index in [2.05, 4.69) is 5.32 Å². The maximum Gasteiger partial charge on any atom is 0.250 e. The van der Waals surface area contributed by atoms with Crippen LogP contribution in [0.1, 0.15) is 13.8 Å². The van der Waals surface area contributed by atoms with E-state index in [1.807, 2.05) is 13.8 Å². The molecule has 0 fully saturated rings. The molecule has 0 radical (unpaired) electrons. The zero-order valence-electron chi connectivity index (χ0n) is 9.59. The number of hydrogen-bond acceptors (Lipinski definition) is 3. The summed E-state index contributed by atoms with van der Waals surface area (Å²) in [7, 11) is 0. The van der Waals surface area contributed by atoms with Crippen molar-refractivity contribution >= 4 is 28.9 Å². The van der Waals surface area contributed by atoms with Crippen molar-refractivity contribution in [3.05, 3.63) is 23.0 Å². The van der Waals surface area contributed by atoms with E-state index >= 15 is 0 Å². The number of rotatable bonds is 4. The van der Waals surface area contributed by atoms with Crippen molar-refractivity contribution in [2.24, 2.45) is 0 Å². The Morgan fingerprint density at radius 3 is 2.76 bits per heavy atom. The molecule has 0 heterocycles. The lowest BCUT2D eigenvalue weighted by atomic mass is 10.2. The van der Waals surface area contributed by atoms with Gasteiger partial charge in [0.05, 0.1) is 16.8 Å². The Kier molecular flexibility index (Phi) is 4.72. The average Bonchev–Trinajstić information content (AvgIpc) is 2.23. The molecule has 17 heavy (non-hydrogen) atoms. The van der Waals surface area contributed by atoms with Gasteiger partial charge in [-0.15, -0.1) is 0 Å². The molecule has 1 aromatic carbocycles. The van der Waals surface area contributed by atoms with Gasteiger partial charge in [-0.2, -0.15) is 0 Å². The normalized spacial score (nSPS) is 10.6. The number of anilines is 2. The van der Waals surface area contributed by atoms with Crippen LogP contribution in [0.4, 0.5) is 15.8 Å². The highest BCUT2D eigenvalue weighted by molar-refractivity contribution is 6.33. The maximum atomic E-state index is 13.2. The van der Waals surface area contributed by atoms with Crippen LogP contribution < -0.4 is 11.1 Å². The van der Waals surface area contributed by atoms with Crippen LogP contribution in [0.15, 0.2) is 12.1 Å². The van der Waals surface area contributed by atoms with E-state index in [-0.39, 0.29) is 35.0 Å². The highest BCUT2D eigenvalue weighted by Gasteiger charge is 2.09. The molecule has 0 aliphatic heterocycles. The van der Waals surface area contributed by atoms with Crippen molar-refractivity contribution in [3.8, 4) is 0 Å². The molecular weight excluding hydrogens is 247 g/mol. The highest BCUT2D eigenvalue weighted by Crippen LogP contribution is 2.26. The first kappa shape index (κ1) is 13.7. The lowest BCUT2D eigenvalue weighted by molar-refractivity contribution is -0.121. The molecule has 3 N–H and O–H groups in total. The summed E-state index contributed by atoms with van der Waals surface area (Å²) in [5, 5.41) is 2.52. The number of halogens is 2. The number of nitrogens with two attached hydrogens (primary N) is 1. The molecule has 0 aromatic heterocycles. The second-order valence-electron chi connectivity index (χ2n) is 3.76. The standard InChI is InChI=1S/C11H14ClFN2O2/c1-6(2)17-5-10(16)15-7-3-8(12)11(14)9(13)4-7/h3-4,6H,5,14H2,1-2H3,(H,15,16). The molecule has 4 nitrogen and oxygen atoms in total. The summed E-state index contributed by atoms with van der Waals surface area (Å²) in [6.07, 6.45) is -0.0486. The molecule has 1 amide bonds. The Bertz CT molecular complexity index is 401. The summed E-state index contributed by atoms with van der Waals surface area (Å²) < 4.78 is 18.3. The highest BCUT2D eigenvalue weighted by atomic mass is 35.5. The largest absolute Gasteiger partial charge is 0.395 e. The molecule has 0 unspecified atom stereocenters. The van der Waals surface area contributed by atoms with Crippen molar-refractivity contribution < 1.29 is 13.9 Å². The summed E-state index contributed by atoms with van der Waals surface area (Å²) in [4.78, 5) is 11.4. The topological polar surface area (TPSA) is 64.3 Å². The zero-order chi connectivity index (χ0) is 13.0. The second kappa shape index (κ2) is 5.84. The maximum absolute atomic E-state index is 13.2. The number of hydrogen-bond donors (Lipinski definition) is 2. The summed E-state index contributed by atoms with van der Waals surface area (Å²) in [5.41, 5.74) is 5.45. The quantitative estimate of drug-likeness (QED) is 0.817. The lowest BCUT2D eigenvalue weighted by Gasteiger charge is -2.09. The molecule has 0 aliphatic carbocycles. The fourth-order valence-corrected chi connectivity index (χ4v) is 1.30. The first-order valence-electron chi connectivity index (χ1n) is 5.06. The Morgan fingerprint density at radius 1 is 1.59 bits per heavy atom. The Labute approximate surface area is 104 Å². The third-order valence-corrected chi connectivity index (χ3v) is 2.22. The number of ether oxygens (including phenoxy) is 1. The number of nitrogen functional groups attached to an aromatic ring is 1. The smallest absolute Gasteiger partial charge is 0.250 e. The monoisotopic (exact) mass is 260 g/mol. The molecule has 0 atom stereocenters. The zero-order valence-corrected chi connectivity index (χ0v) is 10.3. The van der Waals surface area contributed by atoms with Gasteiger partial charge in [-0.25, -0.2) is 4.39 Å². The molecule has 1 aromatic rings. The number of carbonyl (C=O) groups excluding carboxylic acids is 1.